The van der Waals surface area contributed by atoms with Crippen molar-refractivity contribution in [2.75, 3.05) is 18.1 Å². The van der Waals surface area contributed by atoms with Crippen LogP contribution in [0.2, 0.25) is 5.02 Å². The molecule has 37 heavy (non-hydrogen) atoms. The number of nitrogens with zero attached hydrogens (tertiary/aromatic N) is 2. The molecule has 1 aliphatic heterocycles. The van der Waals surface area contributed by atoms with Gasteiger partial charge in [0.15, 0.2) is 16.9 Å². The van der Waals surface area contributed by atoms with E-state index in [1.54, 1.807) is 36.4 Å². The number of halogens is 1. The van der Waals surface area contributed by atoms with E-state index >= 15 is 0 Å². The van der Waals surface area contributed by atoms with Crippen LogP contribution < -0.4 is 19.8 Å². The number of anilines is 1. The molecule has 1 amide bonds. The number of aromatic nitrogens is 1. The first-order chi connectivity index (χ1) is 17.9. The molecule has 2 aromatic carbocycles. The average Bonchev–Trinajstić information content (AvgIpc) is 3.18. The topological polar surface area (TPSA) is 81.9 Å². The van der Waals surface area contributed by atoms with Gasteiger partial charge in [-0.1, -0.05) is 43.6 Å². The van der Waals surface area contributed by atoms with E-state index < -0.39 is 11.9 Å². The summed E-state index contributed by atoms with van der Waals surface area (Å²) in [7, 11) is 0. The zero-order valence-corrected chi connectivity index (χ0v) is 21.6. The minimum absolute atomic E-state index is 0.000620. The van der Waals surface area contributed by atoms with Gasteiger partial charge in [0.05, 0.1) is 35.2 Å². The molecule has 0 spiro atoms. The molecule has 0 bridgehead atoms. The Kier molecular flexibility index (Phi) is 6.89. The van der Waals surface area contributed by atoms with Gasteiger partial charge in [-0.25, -0.2) is 4.98 Å². The molecule has 0 fully saturated rings. The van der Waals surface area contributed by atoms with Crippen LogP contribution in [0.3, 0.4) is 0 Å². The first kappa shape index (κ1) is 24.8. The molecule has 7 nitrogen and oxygen atoms in total. The smallest absolute Gasteiger partial charge is 0.296 e. The van der Waals surface area contributed by atoms with E-state index in [4.69, 9.17) is 25.5 Å². The Bertz CT molecular complexity index is 1510. The summed E-state index contributed by atoms with van der Waals surface area (Å²) in [4.78, 5) is 33.3. The van der Waals surface area contributed by atoms with Gasteiger partial charge in [0.25, 0.3) is 5.91 Å². The molecule has 8 heteroatoms. The maximum absolute atomic E-state index is 13.7. The highest BCUT2D eigenvalue weighted by molar-refractivity contribution is 6.30. The van der Waals surface area contributed by atoms with Crippen LogP contribution >= 0.6 is 11.6 Å². The van der Waals surface area contributed by atoms with Crippen LogP contribution in [0.1, 0.15) is 54.9 Å². The number of hydrogen-bond donors (Lipinski definition) is 0. The lowest BCUT2D eigenvalue weighted by Crippen LogP contribution is -2.30. The second kappa shape index (κ2) is 10.3. The van der Waals surface area contributed by atoms with Gasteiger partial charge < -0.3 is 13.9 Å². The normalized spacial score (nSPS) is 14.9. The minimum Gasteiger partial charge on any atom is -0.490 e. The molecule has 1 unspecified atom stereocenters. The number of ether oxygens (including phenoxy) is 2. The van der Waals surface area contributed by atoms with Gasteiger partial charge in [0.2, 0.25) is 5.76 Å². The Hall–Kier alpha value is -3.84. The number of para-hydroxylation sites is 1. The van der Waals surface area contributed by atoms with E-state index in [-0.39, 0.29) is 16.8 Å². The second-order valence-corrected chi connectivity index (χ2v) is 9.69. The van der Waals surface area contributed by atoms with Crippen LogP contribution in [0.4, 0.5) is 5.82 Å². The fraction of sp³-hybridized carbons (Fsp3) is 0.276. The van der Waals surface area contributed by atoms with E-state index in [1.807, 2.05) is 25.1 Å². The zero-order chi connectivity index (χ0) is 26.1. The van der Waals surface area contributed by atoms with E-state index in [9.17, 15) is 9.59 Å². The predicted molar refractivity (Wildman–Crippen MR) is 143 cm³/mol. The van der Waals surface area contributed by atoms with Crippen molar-refractivity contribution in [1.82, 2.24) is 4.98 Å². The summed E-state index contributed by atoms with van der Waals surface area (Å²) >= 11 is 6.06. The first-order valence-corrected chi connectivity index (χ1v) is 12.7. The Balaban J connectivity index is 1.67. The Morgan fingerprint density at radius 2 is 1.86 bits per heavy atom. The zero-order valence-electron chi connectivity index (χ0n) is 20.9. The third kappa shape index (κ3) is 4.67. The number of carbonyl (C=O) groups excluding carboxylic acids is 1. The molecule has 1 aliphatic rings. The molecular formula is C29H27ClN2O5. The quantitative estimate of drug-likeness (QED) is 0.268. The van der Waals surface area contributed by atoms with Crippen LogP contribution in [0.15, 0.2) is 70.0 Å². The number of rotatable bonds is 8. The summed E-state index contributed by atoms with van der Waals surface area (Å²) in [6.07, 6.45) is 2.37. The van der Waals surface area contributed by atoms with Gasteiger partial charge in [-0.15, -0.1) is 0 Å². The van der Waals surface area contributed by atoms with Gasteiger partial charge in [0, 0.05) is 6.20 Å². The SMILES string of the molecule is CCOc1cc(C2c3c(oc4ccccc4c3=O)C(=O)N2c2ccc(Cl)cn2)ccc1OCCC(C)C. The fourth-order valence-electron chi connectivity index (χ4n) is 4.47. The predicted octanol–water partition coefficient (Wildman–Crippen LogP) is 6.41. The molecule has 0 aliphatic carbocycles. The number of benzene rings is 2. The van der Waals surface area contributed by atoms with Crippen LogP contribution in [0.25, 0.3) is 11.0 Å². The molecule has 0 saturated carbocycles. The van der Waals surface area contributed by atoms with E-state index in [1.165, 1.54) is 11.1 Å². The van der Waals surface area contributed by atoms with Gasteiger partial charge in [-0.2, -0.15) is 0 Å². The molecule has 1 atom stereocenters. The van der Waals surface area contributed by atoms with Crippen molar-refractivity contribution in [2.45, 2.75) is 33.2 Å². The average molecular weight is 519 g/mol. The first-order valence-electron chi connectivity index (χ1n) is 12.3. The lowest BCUT2D eigenvalue weighted by Gasteiger charge is -2.25. The van der Waals surface area contributed by atoms with Gasteiger partial charge >= 0.3 is 0 Å². The molecule has 5 rings (SSSR count). The summed E-state index contributed by atoms with van der Waals surface area (Å²) in [5.74, 6) is 1.56. The number of pyridine rings is 1. The van der Waals surface area contributed by atoms with Gasteiger partial charge in [-0.05, 0) is 61.2 Å². The second-order valence-electron chi connectivity index (χ2n) is 9.25. The largest absolute Gasteiger partial charge is 0.490 e. The standard InChI is InChI=1S/C29H27ClN2O5/c1-4-35-23-15-18(9-11-22(23)36-14-13-17(2)3)26-25-27(33)20-7-5-6-8-21(20)37-28(25)29(34)32(26)24-12-10-19(30)16-31-24/h5-12,15-17,26H,4,13-14H2,1-3H3. The molecule has 0 N–H and O–H groups in total. The fourth-order valence-corrected chi connectivity index (χ4v) is 4.58. The molecule has 3 heterocycles. The molecule has 190 valence electrons. The van der Waals surface area contributed by atoms with Crippen LogP contribution in [-0.2, 0) is 0 Å². The van der Waals surface area contributed by atoms with Crippen molar-refractivity contribution in [3.05, 3.63) is 92.9 Å². The molecule has 4 aromatic rings. The maximum atomic E-state index is 13.7. The van der Waals surface area contributed by atoms with Crippen molar-refractivity contribution in [1.29, 1.82) is 0 Å². The Morgan fingerprint density at radius 1 is 1.05 bits per heavy atom. The maximum Gasteiger partial charge on any atom is 0.296 e. The monoisotopic (exact) mass is 518 g/mol. The summed E-state index contributed by atoms with van der Waals surface area (Å²) in [6, 6.07) is 14.9. The Morgan fingerprint density at radius 3 is 2.59 bits per heavy atom. The van der Waals surface area contributed by atoms with E-state index in [0.717, 1.165) is 6.42 Å². The third-order valence-corrected chi connectivity index (χ3v) is 6.50. The van der Waals surface area contributed by atoms with Crippen LogP contribution in [-0.4, -0.2) is 24.1 Å². The van der Waals surface area contributed by atoms with Crippen LogP contribution in [0, 0.1) is 5.92 Å². The number of carbonyl (C=O) groups is 1. The van der Waals surface area contributed by atoms with Crippen molar-refractivity contribution in [3.63, 3.8) is 0 Å². The Labute approximate surface area is 219 Å². The highest BCUT2D eigenvalue weighted by Gasteiger charge is 2.44. The van der Waals surface area contributed by atoms with Crippen molar-refractivity contribution in [3.8, 4) is 11.5 Å². The van der Waals surface area contributed by atoms with E-state index in [0.29, 0.717) is 58.0 Å². The number of fused-ring (bicyclic) bond motifs is 2. The lowest BCUT2D eigenvalue weighted by molar-refractivity contribution is 0.0970. The summed E-state index contributed by atoms with van der Waals surface area (Å²) in [5, 5.41) is 0.842. The summed E-state index contributed by atoms with van der Waals surface area (Å²) in [5.41, 5.74) is 1.03. The highest BCUT2D eigenvalue weighted by atomic mass is 35.5. The highest BCUT2D eigenvalue weighted by Crippen LogP contribution is 2.43. The lowest BCUT2D eigenvalue weighted by atomic mass is 9.98. The van der Waals surface area contributed by atoms with Crippen molar-refractivity contribution >= 4 is 34.3 Å². The van der Waals surface area contributed by atoms with Gasteiger partial charge in [-0.3, -0.25) is 14.5 Å². The molecule has 2 aromatic heterocycles. The summed E-state index contributed by atoms with van der Waals surface area (Å²) < 4.78 is 17.9. The molecule has 0 radical (unpaired) electrons. The molecular weight excluding hydrogens is 492 g/mol. The minimum atomic E-state index is -0.777. The van der Waals surface area contributed by atoms with E-state index in [2.05, 4.69) is 18.8 Å². The number of amides is 1. The number of hydrogen-bond acceptors (Lipinski definition) is 6. The van der Waals surface area contributed by atoms with Gasteiger partial charge in [0.1, 0.15) is 11.4 Å². The van der Waals surface area contributed by atoms with Crippen molar-refractivity contribution in [2.24, 2.45) is 5.92 Å². The molecule has 0 saturated heterocycles. The summed E-state index contributed by atoms with van der Waals surface area (Å²) in [6.45, 7) is 7.15. The van der Waals surface area contributed by atoms with Crippen LogP contribution in [0.5, 0.6) is 11.5 Å². The van der Waals surface area contributed by atoms with Crippen molar-refractivity contribution < 1.29 is 18.7 Å². The third-order valence-electron chi connectivity index (χ3n) is 6.27.